The number of aromatic nitrogens is 3. The Morgan fingerprint density at radius 3 is 2.70 bits per heavy atom. The second-order valence-electron chi connectivity index (χ2n) is 4.52. The Bertz CT molecular complexity index is 581. The predicted octanol–water partition coefficient (Wildman–Crippen LogP) is 4.48. The number of pyridine rings is 1. The number of aryl methyl sites for hydroxylation is 1. The molecule has 0 saturated carbocycles. The Kier molecular flexibility index (Phi) is 5.26. The summed E-state index contributed by atoms with van der Waals surface area (Å²) < 4.78 is 2.05. The van der Waals surface area contributed by atoms with Crippen molar-refractivity contribution in [2.24, 2.45) is 0 Å². The molecule has 0 atom stereocenters. The molecule has 2 aromatic heterocycles. The first-order valence-electron chi connectivity index (χ1n) is 6.78. The summed E-state index contributed by atoms with van der Waals surface area (Å²) in [6, 6.07) is 1.72. The Hall–Kier alpha value is -1.26. The lowest BCUT2D eigenvalue weighted by Crippen LogP contribution is -2.05. The summed E-state index contributed by atoms with van der Waals surface area (Å²) in [4.78, 5) is 8.90. The average Bonchev–Trinajstić information content (AvgIpc) is 2.86. The third-order valence-corrected chi connectivity index (χ3v) is 3.44. The first-order chi connectivity index (χ1) is 9.67. The van der Waals surface area contributed by atoms with Gasteiger partial charge < -0.3 is 9.88 Å². The second-order valence-corrected chi connectivity index (χ2v) is 5.33. The van der Waals surface area contributed by atoms with Crippen molar-refractivity contribution < 1.29 is 0 Å². The fraction of sp³-hybridized carbons (Fsp3) is 0.429. The third kappa shape index (κ3) is 3.25. The number of hydrogen-bond acceptors (Lipinski definition) is 3. The van der Waals surface area contributed by atoms with E-state index in [0.717, 1.165) is 31.8 Å². The maximum absolute atomic E-state index is 6.27. The molecule has 2 heterocycles. The summed E-state index contributed by atoms with van der Waals surface area (Å²) in [5.74, 6) is 1.42. The average molecular weight is 313 g/mol. The molecule has 0 fully saturated rings. The molecule has 20 heavy (non-hydrogen) atoms. The van der Waals surface area contributed by atoms with Crippen molar-refractivity contribution in [3.63, 3.8) is 0 Å². The molecule has 2 aromatic rings. The second kappa shape index (κ2) is 6.95. The van der Waals surface area contributed by atoms with Gasteiger partial charge in [-0.1, -0.05) is 37.0 Å². The highest BCUT2D eigenvalue weighted by molar-refractivity contribution is 6.37. The van der Waals surface area contributed by atoms with E-state index in [1.54, 1.807) is 12.3 Å². The predicted molar refractivity (Wildman–Crippen MR) is 84.5 cm³/mol. The van der Waals surface area contributed by atoms with E-state index in [-0.39, 0.29) is 0 Å². The number of anilines is 1. The van der Waals surface area contributed by atoms with E-state index in [0.29, 0.717) is 21.6 Å². The number of imidazole rings is 1. The highest BCUT2D eigenvalue weighted by Gasteiger charge is 2.15. The van der Waals surface area contributed by atoms with Crippen LogP contribution in [0.1, 0.15) is 26.7 Å². The van der Waals surface area contributed by atoms with Gasteiger partial charge in [0.25, 0.3) is 0 Å². The molecule has 0 radical (unpaired) electrons. The zero-order valence-corrected chi connectivity index (χ0v) is 13.2. The summed E-state index contributed by atoms with van der Waals surface area (Å²) >= 11 is 12.4. The van der Waals surface area contributed by atoms with Crippen molar-refractivity contribution in [3.8, 4) is 11.5 Å². The molecule has 1 N–H and O–H groups in total. The van der Waals surface area contributed by atoms with E-state index in [2.05, 4.69) is 29.1 Å². The van der Waals surface area contributed by atoms with Crippen LogP contribution in [0.3, 0.4) is 0 Å². The fourth-order valence-corrected chi connectivity index (χ4v) is 2.45. The van der Waals surface area contributed by atoms with Crippen LogP contribution in [0.4, 0.5) is 5.82 Å². The van der Waals surface area contributed by atoms with Crippen LogP contribution in [0.5, 0.6) is 0 Å². The van der Waals surface area contributed by atoms with Crippen LogP contribution in [-0.2, 0) is 6.54 Å². The summed E-state index contributed by atoms with van der Waals surface area (Å²) in [7, 11) is 0. The zero-order valence-electron chi connectivity index (χ0n) is 11.7. The van der Waals surface area contributed by atoms with E-state index in [1.807, 2.05) is 10.8 Å². The van der Waals surface area contributed by atoms with E-state index in [4.69, 9.17) is 23.2 Å². The van der Waals surface area contributed by atoms with Crippen molar-refractivity contribution in [1.82, 2.24) is 14.5 Å². The van der Waals surface area contributed by atoms with Gasteiger partial charge in [0.05, 0.1) is 10.0 Å². The number of rotatable bonds is 6. The van der Waals surface area contributed by atoms with Gasteiger partial charge >= 0.3 is 0 Å². The number of nitrogens with zero attached hydrogens (tertiary/aromatic N) is 3. The van der Waals surface area contributed by atoms with E-state index in [9.17, 15) is 0 Å². The minimum Gasteiger partial charge on any atom is -0.369 e. The molecule has 0 bridgehead atoms. The highest BCUT2D eigenvalue weighted by atomic mass is 35.5. The Labute approximate surface area is 129 Å². The topological polar surface area (TPSA) is 42.7 Å². The standard InChI is InChI=1S/C14H18Cl2N4/c1-3-5-17-13-11(16)9-10(15)12(19-13)14-18-6-8-20(14)7-4-2/h6,8-9H,3-5,7H2,1-2H3,(H,17,19). The van der Waals surface area contributed by atoms with E-state index >= 15 is 0 Å². The maximum atomic E-state index is 6.27. The lowest BCUT2D eigenvalue weighted by atomic mass is 10.3. The summed E-state index contributed by atoms with van der Waals surface area (Å²) in [5.41, 5.74) is 0.660. The summed E-state index contributed by atoms with van der Waals surface area (Å²) in [6.45, 7) is 5.91. The molecule has 0 aliphatic heterocycles. The quantitative estimate of drug-likeness (QED) is 0.855. The van der Waals surface area contributed by atoms with E-state index < -0.39 is 0 Å². The van der Waals surface area contributed by atoms with Gasteiger partial charge in [0.15, 0.2) is 5.82 Å². The Morgan fingerprint density at radius 1 is 1.20 bits per heavy atom. The van der Waals surface area contributed by atoms with Crippen LogP contribution in [0.2, 0.25) is 10.0 Å². The van der Waals surface area contributed by atoms with Gasteiger partial charge in [-0.2, -0.15) is 0 Å². The lowest BCUT2D eigenvalue weighted by molar-refractivity contribution is 0.684. The lowest BCUT2D eigenvalue weighted by Gasteiger charge is -2.11. The number of nitrogens with one attached hydrogen (secondary N) is 1. The molecular weight excluding hydrogens is 295 g/mol. The van der Waals surface area contributed by atoms with Gasteiger partial charge in [-0.05, 0) is 18.9 Å². The highest BCUT2D eigenvalue weighted by Crippen LogP contribution is 2.31. The minimum atomic E-state index is 0.514. The molecule has 0 unspecified atom stereocenters. The molecule has 0 aromatic carbocycles. The van der Waals surface area contributed by atoms with E-state index in [1.165, 1.54) is 0 Å². The molecule has 6 heteroatoms. The first kappa shape index (κ1) is 15.1. The normalized spacial score (nSPS) is 10.8. The van der Waals surface area contributed by atoms with Crippen LogP contribution in [-0.4, -0.2) is 21.1 Å². The number of hydrogen-bond donors (Lipinski definition) is 1. The van der Waals surface area contributed by atoms with Crippen molar-refractivity contribution in [1.29, 1.82) is 0 Å². The van der Waals surface area contributed by atoms with Crippen LogP contribution in [0, 0.1) is 0 Å². The van der Waals surface area contributed by atoms with Gasteiger partial charge in [-0.3, -0.25) is 0 Å². The van der Waals surface area contributed by atoms with Crippen molar-refractivity contribution in [3.05, 3.63) is 28.5 Å². The zero-order chi connectivity index (χ0) is 14.5. The van der Waals surface area contributed by atoms with Crippen LogP contribution in [0.15, 0.2) is 18.5 Å². The van der Waals surface area contributed by atoms with Crippen molar-refractivity contribution in [2.75, 3.05) is 11.9 Å². The fourth-order valence-electron chi connectivity index (χ4n) is 1.94. The molecular formula is C14H18Cl2N4. The molecule has 0 aliphatic rings. The Balaban J connectivity index is 2.42. The van der Waals surface area contributed by atoms with Gasteiger partial charge in [-0.15, -0.1) is 0 Å². The molecule has 0 amide bonds. The minimum absolute atomic E-state index is 0.514. The van der Waals surface area contributed by atoms with Crippen molar-refractivity contribution >= 4 is 29.0 Å². The molecule has 108 valence electrons. The molecule has 4 nitrogen and oxygen atoms in total. The first-order valence-corrected chi connectivity index (χ1v) is 7.54. The molecule has 2 rings (SSSR count). The monoisotopic (exact) mass is 312 g/mol. The molecule has 0 aliphatic carbocycles. The Morgan fingerprint density at radius 2 is 2.00 bits per heavy atom. The molecule has 0 spiro atoms. The van der Waals surface area contributed by atoms with Gasteiger partial charge in [0, 0.05) is 25.5 Å². The third-order valence-electron chi connectivity index (χ3n) is 2.86. The van der Waals surface area contributed by atoms with Crippen molar-refractivity contribution in [2.45, 2.75) is 33.2 Å². The maximum Gasteiger partial charge on any atom is 0.160 e. The van der Waals surface area contributed by atoms with Gasteiger partial charge in [-0.25, -0.2) is 9.97 Å². The smallest absolute Gasteiger partial charge is 0.160 e. The van der Waals surface area contributed by atoms with Gasteiger partial charge in [0.1, 0.15) is 11.5 Å². The van der Waals surface area contributed by atoms with Crippen LogP contribution in [0.25, 0.3) is 11.5 Å². The largest absolute Gasteiger partial charge is 0.369 e. The number of halogens is 2. The summed E-state index contributed by atoms with van der Waals surface area (Å²) in [6.07, 6.45) is 5.72. The van der Waals surface area contributed by atoms with Crippen LogP contribution >= 0.6 is 23.2 Å². The van der Waals surface area contributed by atoms with Crippen LogP contribution < -0.4 is 5.32 Å². The molecule has 0 saturated heterocycles. The SMILES string of the molecule is CCCNc1nc(-c2nccn2CCC)c(Cl)cc1Cl. The summed E-state index contributed by atoms with van der Waals surface area (Å²) in [5, 5.41) is 4.25. The van der Waals surface area contributed by atoms with Gasteiger partial charge in [0.2, 0.25) is 0 Å².